The molecule has 0 saturated carbocycles. The van der Waals surface area contributed by atoms with Crippen LogP contribution in [-0.4, -0.2) is 21.5 Å². The first kappa shape index (κ1) is 14.4. The zero-order valence-electron chi connectivity index (χ0n) is 11.8. The van der Waals surface area contributed by atoms with Gasteiger partial charge in [0, 0.05) is 22.1 Å². The van der Waals surface area contributed by atoms with Gasteiger partial charge in [-0.2, -0.15) is 0 Å². The normalized spacial score (nSPS) is 16.9. The Labute approximate surface area is 118 Å². The van der Waals surface area contributed by atoms with Crippen molar-refractivity contribution < 1.29 is 9.00 Å². The van der Waals surface area contributed by atoms with E-state index in [1.807, 2.05) is 12.1 Å². The summed E-state index contributed by atoms with van der Waals surface area (Å²) in [7, 11) is -1.03. The van der Waals surface area contributed by atoms with E-state index >= 15 is 0 Å². The van der Waals surface area contributed by atoms with E-state index in [-0.39, 0.29) is 11.5 Å². The Morgan fingerprint density at radius 1 is 1.32 bits per heavy atom. The smallest absolute Gasteiger partial charge is 0.175 e. The second-order valence-electron chi connectivity index (χ2n) is 5.52. The van der Waals surface area contributed by atoms with Crippen LogP contribution in [-0.2, 0) is 23.6 Å². The Balaban J connectivity index is 1.98. The summed E-state index contributed by atoms with van der Waals surface area (Å²) in [6.45, 7) is 4.17. The van der Waals surface area contributed by atoms with Gasteiger partial charge in [-0.3, -0.25) is 9.00 Å². The van der Waals surface area contributed by atoms with Gasteiger partial charge in [-0.25, -0.2) is 0 Å². The van der Waals surface area contributed by atoms with Crippen molar-refractivity contribution in [1.82, 2.24) is 0 Å². The van der Waals surface area contributed by atoms with Gasteiger partial charge in [-0.05, 0) is 42.4 Å². The van der Waals surface area contributed by atoms with Gasteiger partial charge in [-0.15, -0.1) is 0 Å². The number of fused-ring (bicyclic) bond motifs is 1. The summed E-state index contributed by atoms with van der Waals surface area (Å²) >= 11 is 0. The molecule has 0 aliphatic heterocycles. The standard InChI is InChI=1S/C16H22O2S/c1-3-12(2)10-19(18)11-16(17)15-8-7-13-5-4-6-14(13)9-15/h7-9,12H,3-6,10-11H2,1-2H3. The van der Waals surface area contributed by atoms with E-state index in [9.17, 15) is 9.00 Å². The van der Waals surface area contributed by atoms with Crippen molar-refractivity contribution in [3.05, 3.63) is 34.9 Å². The van der Waals surface area contributed by atoms with Crippen LogP contribution in [0.4, 0.5) is 0 Å². The second-order valence-corrected chi connectivity index (χ2v) is 7.03. The van der Waals surface area contributed by atoms with Crippen molar-refractivity contribution in [3.8, 4) is 0 Å². The minimum atomic E-state index is -1.03. The lowest BCUT2D eigenvalue weighted by molar-refractivity contribution is 0.102. The highest BCUT2D eigenvalue weighted by atomic mass is 32.2. The number of aryl methyl sites for hydroxylation is 2. The van der Waals surface area contributed by atoms with Gasteiger partial charge in [0.1, 0.15) is 0 Å². The van der Waals surface area contributed by atoms with E-state index in [1.54, 1.807) is 0 Å². The summed E-state index contributed by atoms with van der Waals surface area (Å²) in [4.78, 5) is 12.1. The molecule has 1 aliphatic rings. The molecule has 3 heteroatoms. The van der Waals surface area contributed by atoms with Crippen molar-refractivity contribution in [2.75, 3.05) is 11.5 Å². The number of benzene rings is 1. The van der Waals surface area contributed by atoms with Crippen molar-refractivity contribution in [2.45, 2.75) is 39.5 Å². The number of Topliss-reactive ketones (excluding diaryl/α,β-unsaturated/α-hetero) is 1. The molecule has 0 fully saturated rings. The average molecular weight is 278 g/mol. The highest BCUT2D eigenvalue weighted by molar-refractivity contribution is 7.85. The Morgan fingerprint density at radius 3 is 2.79 bits per heavy atom. The molecule has 0 bridgehead atoms. The fourth-order valence-corrected chi connectivity index (χ4v) is 3.92. The molecule has 19 heavy (non-hydrogen) atoms. The zero-order valence-corrected chi connectivity index (χ0v) is 12.6. The van der Waals surface area contributed by atoms with E-state index in [0.29, 0.717) is 11.7 Å². The second kappa shape index (κ2) is 6.47. The molecule has 0 radical (unpaired) electrons. The van der Waals surface area contributed by atoms with Gasteiger partial charge in [0.25, 0.3) is 0 Å². The summed E-state index contributed by atoms with van der Waals surface area (Å²) < 4.78 is 11.9. The third kappa shape index (κ3) is 3.75. The maximum atomic E-state index is 12.1. The van der Waals surface area contributed by atoms with Gasteiger partial charge in [0.05, 0.1) is 5.75 Å². The molecule has 2 unspecified atom stereocenters. The molecule has 104 valence electrons. The van der Waals surface area contributed by atoms with Crippen LogP contribution < -0.4 is 0 Å². The Bertz CT molecular complexity index is 494. The van der Waals surface area contributed by atoms with Crippen LogP contribution in [0.25, 0.3) is 0 Å². The lowest BCUT2D eigenvalue weighted by Crippen LogP contribution is -2.17. The van der Waals surface area contributed by atoms with Gasteiger partial charge in [-0.1, -0.05) is 32.4 Å². The van der Waals surface area contributed by atoms with E-state index < -0.39 is 10.8 Å². The lowest BCUT2D eigenvalue weighted by Gasteiger charge is -2.08. The van der Waals surface area contributed by atoms with Crippen molar-refractivity contribution in [1.29, 1.82) is 0 Å². The maximum Gasteiger partial charge on any atom is 0.175 e. The minimum Gasteiger partial charge on any atom is -0.293 e. The number of rotatable bonds is 6. The maximum absolute atomic E-state index is 12.1. The highest BCUT2D eigenvalue weighted by Crippen LogP contribution is 2.23. The Hall–Kier alpha value is -0.960. The zero-order chi connectivity index (χ0) is 13.8. The van der Waals surface area contributed by atoms with Crippen LogP contribution in [0.2, 0.25) is 0 Å². The van der Waals surface area contributed by atoms with Crippen LogP contribution in [0.1, 0.15) is 48.2 Å². The SMILES string of the molecule is CCC(C)CS(=O)CC(=O)c1ccc2c(c1)CCC2. The predicted octanol–water partition coefficient (Wildman–Crippen LogP) is 3.15. The van der Waals surface area contributed by atoms with Crippen LogP contribution in [0.3, 0.4) is 0 Å². The summed E-state index contributed by atoms with van der Waals surface area (Å²) in [5.41, 5.74) is 3.41. The Kier molecular flexibility index (Phi) is 4.92. The van der Waals surface area contributed by atoms with E-state index in [2.05, 4.69) is 19.9 Å². The first-order valence-corrected chi connectivity index (χ1v) is 8.59. The van der Waals surface area contributed by atoms with Gasteiger partial charge < -0.3 is 0 Å². The molecule has 2 rings (SSSR count). The largest absolute Gasteiger partial charge is 0.293 e. The van der Waals surface area contributed by atoms with Gasteiger partial charge >= 0.3 is 0 Å². The highest BCUT2D eigenvalue weighted by Gasteiger charge is 2.16. The molecule has 1 aliphatic carbocycles. The quantitative estimate of drug-likeness (QED) is 0.749. The van der Waals surface area contributed by atoms with Crippen LogP contribution in [0.15, 0.2) is 18.2 Å². The summed E-state index contributed by atoms with van der Waals surface area (Å²) in [6.07, 6.45) is 4.40. The van der Waals surface area contributed by atoms with Crippen LogP contribution in [0, 0.1) is 5.92 Å². The first-order valence-electron chi connectivity index (χ1n) is 7.10. The summed E-state index contributed by atoms with van der Waals surface area (Å²) in [5.74, 6) is 1.25. The fourth-order valence-electron chi connectivity index (χ4n) is 2.47. The topological polar surface area (TPSA) is 34.1 Å². The molecule has 0 saturated heterocycles. The first-order chi connectivity index (χ1) is 9.10. The molecule has 2 atom stereocenters. The minimum absolute atomic E-state index is 0.0244. The van der Waals surface area contributed by atoms with Gasteiger partial charge in [0.2, 0.25) is 0 Å². The fraction of sp³-hybridized carbons (Fsp3) is 0.562. The molecule has 0 heterocycles. The molecule has 0 N–H and O–H groups in total. The van der Waals surface area contributed by atoms with Crippen molar-refractivity contribution in [2.24, 2.45) is 5.92 Å². The third-order valence-corrected chi connectivity index (χ3v) is 5.40. The monoisotopic (exact) mass is 278 g/mol. The Morgan fingerprint density at radius 2 is 2.05 bits per heavy atom. The molecule has 0 aromatic heterocycles. The van der Waals surface area contributed by atoms with Gasteiger partial charge in [0.15, 0.2) is 5.78 Å². The van der Waals surface area contributed by atoms with E-state index in [0.717, 1.165) is 24.8 Å². The summed E-state index contributed by atoms with van der Waals surface area (Å²) in [6, 6.07) is 5.96. The van der Waals surface area contributed by atoms with E-state index in [4.69, 9.17) is 0 Å². The molecular formula is C16H22O2S. The number of hydrogen-bond donors (Lipinski definition) is 0. The van der Waals surface area contributed by atoms with Crippen LogP contribution in [0.5, 0.6) is 0 Å². The molecule has 2 nitrogen and oxygen atoms in total. The number of ketones is 1. The molecule has 1 aromatic carbocycles. The predicted molar refractivity (Wildman–Crippen MR) is 80.1 cm³/mol. The molecule has 0 spiro atoms. The average Bonchev–Trinajstić information content (AvgIpc) is 2.85. The molecule has 0 amide bonds. The number of carbonyl (C=O) groups excluding carboxylic acids is 1. The molecule has 1 aromatic rings. The van der Waals surface area contributed by atoms with E-state index in [1.165, 1.54) is 17.5 Å². The third-order valence-electron chi connectivity index (χ3n) is 3.88. The molecular weight excluding hydrogens is 256 g/mol. The van der Waals surface area contributed by atoms with Crippen LogP contribution >= 0.6 is 0 Å². The number of hydrogen-bond acceptors (Lipinski definition) is 2. The summed E-state index contributed by atoms with van der Waals surface area (Å²) in [5, 5.41) is 0. The lowest BCUT2D eigenvalue weighted by atomic mass is 10.0. The van der Waals surface area contributed by atoms with Crippen molar-refractivity contribution in [3.63, 3.8) is 0 Å². The van der Waals surface area contributed by atoms with Crippen molar-refractivity contribution >= 4 is 16.6 Å². The number of carbonyl (C=O) groups is 1.